The predicted octanol–water partition coefficient (Wildman–Crippen LogP) is 5.45. The number of aromatic nitrogens is 2. The van der Waals surface area contributed by atoms with Gasteiger partial charge in [0.2, 0.25) is 0 Å². The molecule has 1 aliphatic rings. The molecular weight excluding hydrogens is 512 g/mol. The number of halogens is 2. The van der Waals surface area contributed by atoms with E-state index in [1.54, 1.807) is 12.3 Å². The molecule has 4 aromatic rings. The van der Waals surface area contributed by atoms with Gasteiger partial charge in [-0.25, -0.2) is 13.8 Å². The summed E-state index contributed by atoms with van der Waals surface area (Å²) < 4.78 is 32.7. The number of nitrogens with zero attached hydrogens (tertiary/aromatic N) is 2. The zero-order valence-corrected chi connectivity index (χ0v) is 21.6. The molecule has 202 valence electrons. The van der Waals surface area contributed by atoms with Crippen LogP contribution < -0.4 is 15.8 Å². The third-order valence-corrected chi connectivity index (χ3v) is 6.46. The number of aromatic amines is 1. The fourth-order valence-electron chi connectivity index (χ4n) is 4.50. The van der Waals surface area contributed by atoms with Crippen LogP contribution in [0, 0.1) is 11.6 Å². The van der Waals surface area contributed by atoms with Gasteiger partial charge in [-0.05, 0) is 71.3 Å². The molecule has 0 spiro atoms. The minimum absolute atomic E-state index is 0.245. The summed E-state index contributed by atoms with van der Waals surface area (Å²) in [6.45, 7) is 8.85. The van der Waals surface area contributed by atoms with Gasteiger partial charge in [-0.3, -0.25) is 4.79 Å². The molecule has 1 aliphatic heterocycles. The third kappa shape index (κ3) is 5.78. The molecule has 4 N–H and O–H groups in total. The van der Waals surface area contributed by atoms with Gasteiger partial charge >= 0.3 is 0 Å². The van der Waals surface area contributed by atoms with Crippen molar-refractivity contribution in [2.75, 3.05) is 6.61 Å². The molecule has 0 saturated heterocycles. The van der Waals surface area contributed by atoms with Gasteiger partial charge in [0.1, 0.15) is 11.4 Å². The van der Waals surface area contributed by atoms with E-state index in [2.05, 4.69) is 28.4 Å². The Bertz CT molecular complexity index is 1690. The first-order valence-electron chi connectivity index (χ1n) is 12.5. The normalized spacial score (nSPS) is 12.9. The number of pyridine rings is 1. The molecule has 0 saturated carbocycles. The Morgan fingerprint density at radius 2 is 1.98 bits per heavy atom. The molecule has 0 unspecified atom stereocenters. The molecule has 0 radical (unpaired) electrons. The highest BCUT2D eigenvalue weighted by atomic mass is 19.2. The molecule has 0 aliphatic carbocycles. The first kappa shape index (κ1) is 26.4. The third-order valence-electron chi connectivity index (χ3n) is 6.46. The van der Waals surface area contributed by atoms with Gasteiger partial charge in [0.25, 0.3) is 5.91 Å². The SMILES string of the molecule is C=C(NCc1cc(OCC(N)=O)cc(-c2c[nH]c3ncccc23)c1)C1=CC=CN(Cc2ccc(F)c(F)c2)C1=C. The standard InChI is InChI=1S/C31H27F2N5O2/c1-19(25-6-4-10-38(20(25)2)17-21-7-8-28(32)29(33)13-21)36-15-22-11-23(14-24(12-22)40-18-30(34)39)27-16-37-31-26(27)5-3-9-35-31/h3-14,16,36H,1-2,15,17-18H2,(H2,34,39)(H,35,37). The lowest BCUT2D eigenvalue weighted by Gasteiger charge is -2.28. The Morgan fingerprint density at radius 1 is 1.12 bits per heavy atom. The average molecular weight is 540 g/mol. The Morgan fingerprint density at radius 3 is 2.77 bits per heavy atom. The van der Waals surface area contributed by atoms with E-state index >= 15 is 0 Å². The summed E-state index contributed by atoms with van der Waals surface area (Å²) in [6.07, 6.45) is 9.15. The number of allylic oxidation sites excluding steroid dienone is 2. The van der Waals surface area contributed by atoms with Crippen LogP contribution in [0.5, 0.6) is 5.75 Å². The van der Waals surface area contributed by atoms with Crippen molar-refractivity contribution in [2.24, 2.45) is 5.73 Å². The summed E-state index contributed by atoms with van der Waals surface area (Å²) in [7, 11) is 0. The van der Waals surface area contributed by atoms with Crippen LogP contribution in [0.3, 0.4) is 0 Å². The Kier molecular flexibility index (Phi) is 7.46. The first-order valence-corrected chi connectivity index (χ1v) is 12.5. The molecule has 2 aromatic heterocycles. The second-order valence-corrected chi connectivity index (χ2v) is 9.30. The summed E-state index contributed by atoms with van der Waals surface area (Å²) in [5.74, 6) is -1.85. The van der Waals surface area contributed by atoms with E-state index in [0.717, 1.165) is 39.4 Å². The Balaban J connectivity index is 1.33. The van der Waals surface area contributed by atoms with Gasteiger partial charge in [-0.1, -0.05) is 19.2 Å². The quantitative estimate of drug-likeness (QED) is 0.249. The second-order valence-electron chi connectivity index (χ2n) is 9.30. The fourth-order valence-corrected chi connectivity index (χ4v) is 4.50. The highest BCUT2D eigenvalue weighted by Crippen LogP contribution is 2.32. The number of ether oxygens (including phenoxy) is 1. The topological polar surface area (TPSA) is 96.3 Å². The maximum Gasteiger partial charge on any atom is 0.255 e. The number of fused-ring (bicyclic) bond motifs is 1. The number of carbonyl (C=O) groups is 1. The lowest BCUT2D eigenvalue weighted by Crippen LogP contribution is -2.23. The van der Waals surface area contributed by atoms with E-state index in [9.17, 15) is 13.6 Å². The van der Waals surface area contributed by atoms with E-state index in [0.29, 0.717) is 35.8 Å². The summed E-state index contributed by atoms with van der Waals surface area (Å²) in [6, 6.07) is 13.4. The number of carbonyl (C=O) groups excluding carboxylic acids is 1. The van der Waals surface area contributed by atoms with Crippen LogP contribution in [-0.4, -0.2) is 27.4 Å². The summed E-state index contributed by atoms with van der Waals surface area (Å²) in [5.41, 5.74) is 11.4. The van der Waals surface area contributed by atoms with E-state index in [-0.39, 0.29) is 6.61 Å². The van der Waals surface area contributed by atoms with E-state index in [4.69, 9.17) is 10.5 Å². The smallest absolute Gasteiger partial charge is 0.255 e. The minimum atomic E-state index is -0.892. The van der Waals surface area contributed by atoms with Gasteiger partial charge in [0, 0.05) is 59.6 Å². The van der Waals surface area contributed by atoms with Crippen molar-refractivity contribution in [3.8, 4) is 16.9 Å². The van der Waals surface area contributed by atoms with E-state index < -0.39 is 17.5 Å². The number of benzene rings is 2. The number of nitrogens with two attached hydrogens (primary N) is 1. The number of nitrogens with one attached hydrogen (secondary N) is 2. The highest BCUT2D eigenvalue weighted by molar-refractivity contribution is 5.93. The van der Waals surface area contributed by atoms with Crippen molar-refractivity contribution in [1.29, 1.82) is 0 Å². The van der Waals surface area contributed by atoms with Crippen LogP contribution in [0.25, 0.3) is 22.2 Å². The number of H-pyrrole nitrogens is 1. The summed E-state index contributed by atoms with van der Waals surface area (Å²) in [5, 5.41) is 4.29. The van der Waals surface area contributed by atoms with Gasteiger partial charge in [0.05, 0.1) is 0 Å². The van der Waals surface area contributed by atoms with Crippen LogP contribution in [0.4, 0.5) is 8.78 Å². The van der Waals surface area contributed by atoms with Gasteiger partial charge in [-0.15, -0.1) is 0 Å². The molecule has 3 heterocycles. The molecule has 9 heteroatoms. The number of primary amides is 1. The Labute approximate surface area is 230 Å². The number of hydrogen-bond acceptors (Lipinski definition) is 5. The molecule has 40 heavy (non-hydrogen) atoms. The van der Waals surface area contributed by atoms with E-state index in [1.165, 1.54) is 6.07 Å². The molecule has 0 fully saturated rings. The lowest BCUT2D eigenvalue weighted by atomic mass is 10.0. The number of rotatable bonds is 10. The van der Waals surface area contributed by atoms with Crippen LogP contribution in [0.1, 0.15) is 11.1 Å². The van der Waals surface area contributed by atoms with E-state index in [1.807, 2.05) is 59.8 Å². The summed E-state index contributed by atoms with van der Waals surface area (Å²) >= 11 is 0. The first-order chi connectivity index (χ1) is 19.3. The van der Waals surface area contributed by atoms with Gasteiger partial charge < -0.3 is 25.7 Å². The monoisotopic (exact) mass is 539 g/mol. The fraction of sp³-hybridized carbons (Fsp3) is 0.0968. The maximum atomic E-state index is 13.7. The average Bonchev–Trinajstić information content (AvgIpc) is 3.38. The van der Waals surface area contributed by atoms with Gasteiger partial charge in [-0.2, -0.15) is 0 Å². The highest BCUT2D eigenvalue weighted by Gasteiger charge is 2.17. The molecule has 0 atom stereocenters. The van der Waals surface area contributed by atoms with Crippen molar-refractivity contribution in [3.63, 3.8) is 0 Å². The van der Waals surface area contributed by atoms with Crippen molar-refractivity contribution in [1.82, 2.24) is 20.2 Å². The van der Waals surface area contributed by atoms with Crippen LogP contribution in [0.2, 0.25) is 0 Å². The van der Waals surface area contributed by atoms with Crippen molar-refractivity contribution >= 4 is 16.9 Å². The zero-order chi connectivity index (χ0) is 28.2. The molecule has 1 amide bonds. The molecule has 2 aromatic carbocycles. The summed E-state index contributed by atoms with van der Waals surface area (Å²) in [4.78, 5) is 20.7. The van der Waals surface area contributed by atoms with Crippen molar-refractivity contribution in [2.45, 2.75) is 13.1 Å². The lowest BCUT2D eigenvalue weighted by molar-refractivity contribution is -0.119. The maximum absolute atomic E-state index is 13.7. The second kappa shape index (κ2) is 11.3. The van der Waals surface area contributed by atoms with Gasteiger partial charge in [0.15, 0.2) is 18.2 Å². The largest absolute Gasteiger partial charge is 0.484 e. The van der Waals surface area contributed by atoms with Crippen LogP contribution in [0.15, 0.2) is 109 Å². The van der Waals surface area contributed by atoms with Crippen LogP contribution >= 0.6 is 0 Å². The van der Waals surface area contributed by atoms with Crippen molar-refractivity contribution < 1.29 is 18.3 Å². The predicted molar refractivity (Wildman–Crippen MR) is 150 cm³/mol. The number of hydrogen-bond donors (Lipinski definition) is 3. The molecule has 7 nitrogen and oxygen atoms in total. The zero-order valence-electron chi connectivity index (χ0n) is 21.6. The molecular formula is C31H27F2N5O2. The molecule has 5 rings (SSSR count). The Hall–Kier alpha value is -5.18. The molecule has 0 bridgehead atoms. The number of amides is 1. The minimum Gasteiger partial charge on any atom is -0.484 e. The van der Waals surface area contributed by atoms with Crippen molar-refractivity contribution in [3.05, 3.63) is 132 Å². The van der Waals surface area contributed by atoms with Crippen LogP contribution in [-0.2, 0) is 17.9 Å².